The van der Waals surface area contributed by atoms with Gasteiger partial charge in [0.2, 0.25) is 0 Å². The van der Waals surface area contributed by atoms with Crippen LogP contribution in [0.25, 0.3) is 0 Å². The van der Waals surface area contributed by atoms with E-state index in [1.54, 1.807) is 0 Å². The monoisotopic (exact) mass is 327 g/mol. The molecule has 2 nitrogen and oxygen atoms in total. The van der Waals surface area contributed by atoms with Gasteiger partial charge >= 0.3 is 0 Å². The molecule has 0 amide bonds. The van der Waals surface area contributed by atoms with Crippen molar-refractivity contribution in [2.24, 2.45) is 0 Å². The Bertz CT molecular complexity index is 650. The molecule has 23 heavy (non-hydrogen) atoms. The Kier molecular flexibility index (Phi) is 4.81. The maximum Gasteiger partial charge on any atom is 0.136 e. The first-order chi connectivity index (χ1) is 11.0. The Labute approximate surface area is 142 Å². The molecule has 3 rings (SSSR count). The van der Waals surface area contributed by atoms with Crippen LogP contribution in [0.1, 0.15) is 62.3 Å². The lowest BCUT2D eigenvalue weighted by atomic mass is 9.77. The van der Waals surface area contributed by atoms with Gasteiger partial charge in [-0.05, 0) is 50.3 Å². The molecule has 3 atom stereocenters. The van der Waals surface area contributed by atoms with E-state index in [1.165, 1.54) is 16.7 Å². The minimum atomic E-state index is -1.05. The van der Waals surface area contributed by atoms with E-state index >= 15 is 0 Å². The second kappa shape index (κ2) is 6.68. The highest BCUT2D eigenvalue weighted by Crippen LogP contribution is 2.41. The molecule has 0 unspecified atom stereocenters. The highest BCUT2D eigenvalue weighted by molar-refractivity contribution is 7.90. The van der Waals surface area contributed by atoms with E-state index in [0.717, 1.165) is 12.8 Å². The summed E-state index contributed by atoms with van der Waals surface area (Å²) >= 11 is -1.05. The molecule has 0 fully saturated rings. The highest BCUT2D eigenvalue weighted by Gasteiger charge is 2.34. The van der Waals surface area contributed by atoms with Crippen LogP contribution in [-0.4, -0.2) is 9.30 Å². The number of rotatable bonds is 3. The van der Waals surface area contributed by atoms with Crippen LogP contribution < -0.4 is 4.72 Å². The van der Waals surface area contributed by atoms with E-state index in [9.17, 15) is 4.55 Å². The fraction of sp³-hybridized carbons (Fsp3) is 0.400. The lowest BCUT2D eigenvalue weighted by Gasteiger charge is -2.34. The normalized spacial score (nSPS) is 22.4. The predicted molar refractivity (Wildman–Crippen MR) is 97.7 cm³/mol. The zero-order valence-corrected chi connectivity index (χ0v) is 14.9. The van der Waals surface area contributed by atoms with Crippen molar-refractivity contribution in [2.75, 3.05) is 0 Å². The van der Waals surface area contributed by atoms with Gasteiger partial charge in [0.25, 0.3) is 0 Å². The summed E-state index contributed by atoms with van der Waals surface area (Å²) in [5, 5.41) is 0. The first kappa shape index (κ1) is 16.6. The second-order valence-electron chi connectivity index (χ2n) is 7.22. The number of nitrogens with one attached hydrogen (secondary N) is 1. The van der Waals surface area contributed by atoms with Gasteiger partial charge in [-0.25, -0.2) is 0 Å². The van der Waals surface area contributed by atoms with Gasteiger partial charge in [-0.3, -0.25) is 0 Å². The fourth-order valence-corrected chi connectivity index (χ4v) is 4.11. The molecule has 0 saturated carbocycles. The molecule has 2 aromatic rings. The first-order valence-corrected chi connectivity index (χ1v) is 9.43. The van der Waals surface area contributed by atoms with Crippen LogP contribution in [0.15, 0.2) is 54.6 Å². The summed E-state index contributed by atoms with van der Waals surface area (Å²) in [4.78, 5) is 0. The van der Waals surface area contributed by atoms with Crippen LogP contribution >= 0.6 is 0 Å². The SMILES string of the molecule is CC(C)(C)[S@@+]([O-])N[C@@H]1CC[C@H](c2ccccc2)c2ccccc21. The van der Waals surface area contributed by atoms with E-state index < -0.39 is 11.4 Å². The summed E-state index contributed by atoms with van der Waals surface area (Å²) < 4.78 is 15.6. The van der Waals surface area contributed by atoms with E-state index in [-0.39, 0.29) is 10.8 Å². The standard InChI is InChI=1S/C20H25NOS/c1-20(2,3)23(22)21-19-14-13-16(15-9-5-4-6-10-15)17-11-7-8-12-18(17)19/h4-12,16,19,21H,13-14H2,1-3H3/t16-,19-,23-/m1/s1. The lowest BCUT2D eigenvalue weighted by Crippen LogP contribution is -2.42. The molecule has 0 saturated heterocycles. The molecular formula is C20H25NOS. The van der Waals surface area contributed by atoms with Crippen molar-refractivity contribution in [3.05, 3.63) is 71.3 Å². The predicted octanol–water partition coefficient (Wildman–Crippen LogP) is 4.71. The van der Waals surface area contributed by atoms with Crippen molar-refractivity contribution in [3.8, 4) is 0 Å². The Hall–Kier alpha value is -1.29. The summed E-state index contributed by atoms with van der Waals surface area (Å²) in [7, 11) is 0. The van der Waals surface area contributed by atoms with Gasteiger partial charge in [0.05, 0.1) is 6.04 Å². The summed E-state index contributed by atoms with van der Waals surface area (Å²) in [6, 6.07) is 19.5. The Morgan fingerprint density at radius 1 is 0.913 bits per heavy atom. The topological polar surface area (TPSA) is 35.1 Å². The average Bonchev–Trinajstić information content (AvgIpc) is 2.55. The molecule has 0 radical (unpaired) electrons. The van der Waals surface area contributed by atoms with E-state index in [4.69, 9.17) is 0 Å². The van der Waals surface area contributed by atoms with Gasteiger partial charge in [0.1, 0.15) is 4.75 Å². The quantitative estimate of drug-likeness (QED) is 0.829. The molecule has 0 aliphatic heterocycles. The Morgan fingerprint density at radius 2 is 1.52 bits per heavy atom. The van der Waals surface area contributed by atoms with Gasteiger partial charge < -0.3 is 4.55 Å². The van der Waals surface area contributed by atoms with Gasteiger partial charge in [-0.2, -0.15) is 0 Å². The van der Waals surface area contributed by atoms with Crippen molar-refractivity contribution >= 4 is 11.4 Å². The third-order valence-corrected chi connectivity index (χ3v) is 6.11. The fourth-order valence-electron chi connectivity index (χ4n) is 3.25. The molecule has 122 valence electrons. The lowest BCUT2D eigenvalue weighted by molar-refractivity contribution is 0.472. The van der Waals surface area contributed by atoms with Crippen molar-refractivity contribution in [1.82, 2.24) is 4.72 Å². The van der Waals surface area contributed by atoms with Crippen molar-refractivity contribution in [2.45, 2.75) is 50.3 Å². The summed E-state index contributed by atoms with van der Waals surface area (Å²) in [6.07, 6.45) is 2.10. The molecule has 2 aromatic carbocycles. The maximum atomic E-state index is 12.5. The van der Waals surface area contributed by atoms with Crippen LogP contribution in [-0.2, 0) is 11.4 Å². The van der Waals surface area contributed by atoms with Gasteiger partial charge in [-0.1, -0.05) is 54.6 Å². The third kappa shape index (κ3) is 3.63. The number of benzene rings is 2. The van der Waals surface area contributed by atoms with Crippen LogP contribution in [0.3, 0.4) is 0 Å². The smallest absolute Gasteiger partial charge is 0.136 e. The first-order valence-electron chi connectivity index (χ1n) is 8.28. The molecule has 0 bridgehead atoms. The number of hydrogen-bond donors (Lipinski definition) is 1. The molecule has 0 heterocycles. The summed E-state index contributed by atoms with van der Waals surface area (Å²) in [6.45, 7) is 6.03. The van der Waals surface area contributed by atoms with Crippen LogP contribution in [0.5, 0.6) is 0 Å². The molecular weight excluding hydrogens is 302 g/mol. The van der Waals surface area contributed by atoms with E-state index in [0.29, 0.717) is 5.92 Å². The Morgan fingerprint density at radius 3 is 2.17 bits per heavy atom. The zero-order valence-electron chi connectivity index (χ0n) is 14.1. The van der Waals surface area contributed by atoms with Crippen LogP contribution in [0, 0.1) is 0 Å². The number of hydrogen-bond acceptors (Lipinski definition) is 2. The number of fused-ring (bicyclic) bond motifs is 1. The van der Waals surface area contributed by atoms with Gasteiger partial charge in [0, 0.05) is 17.3 Å². The van der Waals surface area contributed by atoms with E-state index in [2.05, 4.69) is 59.3 Å². The summed E-state index contributed by atoms with van der Waals surface area (Å²) in [5.74, 6) is 0.438. The van der Waals surface area contributed by atoms with Crippen molar-refractivity contribution in [1.29, 1.82) is 0 Å². The van der Waals surface area contributed by atoms with Crippen molar-refractivity contribution < 1.29 is 4.55 Å². The van der Waals surface area contributed by atoms with Crippen LogP contribution in [0.4, 0.5) is 0 Å². The summed E-state index contributed by atoms with van der Waals surface area (Å²) in [5.41, 5.74) is 4.04. The molecule has 0 spiro atoms. The van der Waals surface area contributed by atoms with Crippen molar-refractivity contribution in [3.63, 3.8) is 0 Å². The maximum absolute atomic E-state index is 12.5. The molecule has 1 N–H and O–H groups in total. The molecule has 1 aliphatic carbocycles. The molecule has 1 aliphatic rings. The third-order valence-electron chi connectivity index (χ3n) is 4.50. The average molecular weight is 327 g/mol. The molecule has 0 aromatic heterocycles. The van der Waals surface area contributed by atoms with Gasteiger partial charge in [-0.15, -0.1) is 4.72 Å². The largest absolute Gasteiger partial charge is 0.598 e. The zero-order chi connectivity index (χ0) is 16.4. The van der Waals surface area contributed by atoms with Gasteiger partial charge in [0.15, 0.2) is 0 Å². The van der Waals surface area contributed by atoms with Crippen LogP contribution in [0.2, 0.25) is 0 Å². The Balaban J connectivity index is 1.89. The minimum absolute atomic E-state index is 0.172. The van der Waals surface area contributed by atoms with E-state index in [1.807, 2.05) is 20.8 Å². The highest BCUT2D eigenvalue weighted by atomic mass is 32.2. The molecule has 3 heteroatoms. The second-order valence-corrected chi connectivity index (χ2v) is 9.22. The minimum Gasteiger partial charge on any atom is -0.598 e.